The second-order valence-corrected chi connectivity index (χ2v) is 9.67. The average molecular weight is 412 g/mol. The molecule has 2 atom stereocenters. The van der Waals surface area contributed by atoms with E-state index < -0.39 is 21.7 Å². The maximum absolute atomic E-state index is 12.7. The highest BCUT2D eigenvalue weighted by Gasteiger charge is 2.31. The van der Waals surface area contributed by atoms with Gasteiger partial charge in [0.1, 0.15) is 5.60 Å². The van der Waals surface area contributed by atoms with Crippen molar-refractivity contribution in [3.05, 3.63) is 29.8 Å². The van der Waals surface area contributed by atoms with Gasteiger partial charge in [-0.2, -0.15) is 0 Å². The number of benzene rings is 1. The Hall–Kier alpha value is -2.13. The molecule has 1 saturated heterocycles. The molecule has 1 aliphatic heterocycles. The molecule has 1 heterocycles. The lowest BCUT2D eigenvalue weighted by Crippen LogP contribution is -2.47. The van der Waals surface area contributed by atoms with E-state index in [1.807, 2.05) is 27.7 Å². The van der Waals surface area contributed by atoms with Crippen molar-refractivity contribution in [3.63, 3.8) is 0 Å². The van der Waals surface area contributed by atoms with E-state index in [0.717, 1.165) is 12.0 Å². The molecule has 0 radical (unpaired) electrons. The van der Waals surface area contributed by atoms with E-state index in [2.05, 4.69) is 5.32 Å². The van der Waals surface area contributed by atoms with Crippen LogP contribution < -0.4 is 10.5 Å². The Morgan fingerprint density at radius 2 is 1.86 bits per heavy atom. The largest absolute Gasteiger partial charge is 0.444 e. The monoisotopic (exact) mass is 411 g/mol. The number of sulfonamides is 1. The molecular formula is C19H29N3O5S. The van der Waals surface area contributed by atoms with Gasteiger partial charge in [0.2, 0.25) is 15.9 Å². The standard InChI is InChI=1S/C19H29N3O5S/c1-13(14-7-9-16(10-8-14)28(20,25)26)21-17(23)15-6-5-11-22(12-15)18(24)27-19(2,3)4/h7-10,13,15H,5-6,11-12H2,1-4H3,(H,21,23)(H2,20,25,26). The van der Waals surface area contributed by atoms with Gasteiger partial charge in [-0.05, 0) is 58.2 Å². The summed E-state index contributed by atoms with van der Waals surface area (Å²) in [5.74, 6) is -0.455. The zero-order valence-corrected chi connectivity index (χ0v) is 17.6. The normalized spacial score (nSPS) is 19.0. The first-order valence-electron chi connectivity index (χ1n) is 9.28. The van der Waals surface area contributed by atoms with Crippen LogP contribution in [0.15, 0.2) is 29.2 Å². The molecule has 0 saturated carbocycles. The smallest absolute Gasteiger partial charge is 0.410 e. The first-order chi connectivity index (χ1) is 12.9. The van der Waals surface area contributed by atoms with Gasteiger partial charge in [0.05, 0.1) is 16.9 Å². The van der Waals surface area contributed by atoms with Crippen LogP contribution in [0.25, 0.3) is 0 Å². The summed E-state index contributed by atoms with van der Waals surface area (Å²) in [5, 5.41) is 8.03. The molecule has 2 unspecified atom stereocenters. The number of rotatable bonds is 4. The number of carbonyl (C=O) groups excluding carboxylic acids is 2. The van der Waals surface area contributed by atoms with Crippen LogP contribution >= 0.6 is 0 Å². The fourth-order valence-electron chi connectivity index (χ4n) is 3.04. The number of nitrogens with one attached hydrogen (secondary N) is 1. The zero-order chi connectivity index (χ0) is 21.1. The SMILES string of the molecule is CC(NC(=O)C1CCCN(C(=O)OC(C)(C)C)C1)c1ccc(S(N)(=O)=O)cc1. The molecular weight excluding hydrogens is 382 g/mol. The Kier molecular flexibility index (Phi) is 6.71. The fraction of sp³-hybridized carbons (Fsp3) is 0.579. The summed E-state index contributed by atoms with van der Waals surface area (Å²) < 4.78 is 28.1. The molecule has 156 valence electrons. The highest BCUT2D eigenvalue weighted by atomic mass is 32.2. The van der Waals surface area contributed by atoms with Crippen molar-refractivity contribution in [2.24, 2.45) is 11.1 Å². The van der Waals surface area contributed by atoms with Gasteiger partial charge in [0, 0.05) is 13.1 Å². The topological polar surface area (TPSA) is 119 Å². The molecule has 0 bridgehead atoms. The van der Waals surface area contributed by atoms with Crippen molar-refractivity contribution < 1.29 is 22.7 Å². The minimum atomic E-state index is -3.75. The van der Waals surface area contributed by atoms with E-state index in [-0.39, 0.29) is 22.8 Å². The van der Waals surface area contributed by atoms with Crippen LogP contribution in [0.2, 0.25) is 0 Å². The highest BCUT2D eigenvalue weighted by Crippen LogP contribution is 2.21. The maximum Gasteiger partial charge on any atom is 0.410 e. The van der Waals surface area contributed by atoms with E-state index in [4.69, 9.17) is 9.88 Å². The predicted molar refractivity (Wildman–Crippen MR) is 105 cm³/mol. The van der Waals surface area contributed by atoms with Crippen LogP contribution in [-0.4, -0.2) is 44.0 Å². The van der Waals surface area contributed by atoms with Crippen molar-refractivity contribution in [1.29, 1.82) is 0 Å². The molecule has 8 nitrogen and oxygen atoms in total. The number of hydrogen-bond donors (Lipinski definition) is 2. The van der Waals surface area contributed by atoms with Gasteiger partial charge in [-0.3, -0.25) is 4.79 Å². The van der Waals surface area contributed by atoms with Crippen LogP contribution in [-0.2, 0) is 19.6 Å². The van der Waals surface area contributed by atoms with E-state index >= 15 is 0 Å². The number of hydrogen-bond acceptors (Lipinski definition) is 5. The number of carbonyl (C=O) groups is 2. The summed E-state index contributed by atoms with van der Waals surface area (Å²) in [6.07, 6.45) is 1.02. The fourth-order valence-corrected chi connectivity index (χ4v) is 3.56. The van der Waals surface area contributed by atoms with E-state index in [0.29, 0.717) is 19.5 Å². The average Bonchev–Trinajstić information content (AvgIpc) is 2.59. The molecule has 3 N–H and O–H groups in total. The molecule has 1 fully saturated rings. The molecule has 2 rings (SSSR count). The summed E-state index contributed by atoms with van der Waals surface area (Å²) in [4.78, 5) is 26.5. The Bertz CT molecular complexity index is 815. The third kappa shape index (κ3) is 6.20. The summed E-state index contributed by atoms with van der Waals surface area (Å²) in [6, 6.07) is 5.77. The first kappa shape index (κ1) is 22.2. The maximum atomic E-state index is 12.7. The minimum Gasteiger partial charge on any atom is -0.444 e. The molecule has 0 spiro atoms. The molecule has 28 heavy (non-hydrogen) atoms. The third-order valence-electron chi connectivity index (χ3n) is 4.51. The molecule has 0 aromatic heterocycles. The second-order valence-electron chi connectivity index (χ2n) is 8.11. The Balaban J connectivity index is 1.97. The number of piperidine rings is 1. The lowest BCUT2D eigenvalue weighted by molar-refractivity contribution is -0.127. The van der Waals surface area contributed by atoms with Crippen molar-refractivity contribution in [2.45, 2.75) is 57.1 Å². The lowest BCUT2D eigenvalue weighted by atomic mass is 9.96. The van der Waals surface area contributed by atoms with Crippen molar-refractivity contribution in [2.75, 3.05) is 13.1 Å². The number of nitrogens with zero attached hydrogens (tertiary/aromatic N) is 1. The number of amides is 2. The number of primary sulfonamides is 1. The first-order valence-corrected chi connectivity index (χ1v) is 10.8. The Labute approximate surface area is 166 Å². The second kappa shape index (κ2) is 8.48. The van der Waals surface area contributed by atoms with Crippen molar-refractivity contribution >= 4 is 22.0 Å². The summed E-state index contributed by atoms with van der Waals surface area (Å²) >= 11 is 0. The molecule has 1 aromatic rings. The van der Waals surface area contributed by atoms with E-state index in [1.165, 1.54) is 12.1 Å². The Morgan fingerprint density at radius 1 is 1.25 bits per heavy atom. The van der Waals surface area contributed by atoms with Crippen molar-refractivity contribution in [1.82, 2.24) is 10.2 Å². The summed E-state index contributed by atoms with van der Waals surface area (Å²) in [5.41, 5.74) is 0.185. The lowest BCUT2D eigenvalue weighted by Gasteiger charge is -2.34. The zero-order valence-electron chi connectivity index (χ0n) is 16.8. The predicted octanol–water partition coefficient (Wildman–Crippen LogP) is 2.16. The molecule has 1 aliphatic rings. The van der Waals surface area contributed by atoms with Crippen LogP contribution in [0.5, 0.6) is 0 Å². The molecule has 1 aromatic carbocycles. The van der Waals surface area contributed by atoms with Gasteiger partial charge >= 0.3 is 6.09 Å². The van der Waals surface area contributed by atoms with Crippen LogP contribution in [0.3, 0.4) is 0 Å². The molecule has 0 aliphatic carbocycles. The van der Waals surface area contributed by atoms with Gasteiger partial charge in [-0.25, -0.2) is 18.4 Å². The van der Waals surface area contributed by atoms with Gasteiger partial charge in [-0.1, -0.05) is 12.1 Å². The third-order valence-corrected chi connectivity index (χ3v) is 5.44. The minimum absolute atomic E-state index is 0.0232. The summed E-state index contributed by atoms with van der Waals surface area (Å²) in [6.45, 7) is 8.13. The van der Waals surface area contributed by atoms with Crippen LogP contribution in [0, 0.1) is 5.92 Å². The van der Waals surface area contributed by atoms with Gasteiger partial charge in [0.15, 0.2) is 0 Å². The van der Waals surface area contributed by atoms with Crippen molar-refractivity contribution in [3.8, 4) is 0 Å². The van der Waals surface area contributed by atoms with Crippen LogP contribution in [0.4, 0.5) is 4.79 Å². The van der Waals surface area contributed by atoms with Crippen LogP contribution in [0.1, 0.15) is 52.1 Å². The number of likely N-dealkylation sites (tertiary alicyclic amines) is 1. The van der Waals surface area contributed by atoms with Gasteiger partial charge < -0.3 is 15.0 Å². The molecule has 2 amide bonds. The van der Waals surface area contributed by atoms with Gasteiger partial charge in [0.25, 0.3) is 0 Å². The number of nitrogens with two attached hydrogens (primary N) is 1. The number of ether oxygens (including phenoxy) is 1. The molecule has 9 heteroatoms. The Morgan fingerprint density at radius 3 is 2.39 bits per heavy atom. The quantitative estimate of drug-likeness (QED) is 0.787. The highest BCUT2D eigenvalue weighted by molar-refractivity contribution is 7.89. The summed E-state index contributed by atoms with van der Waals surface area (Å²) in [7, 11) is -3.75. The van der Waals surface area contributed by atoms with Gasteiger partial charge in [-0.15, -0.1) is 0 Å². The van der Waals surface area contributed by atoms with E-state index in [9.17, 15) is 18.0 Å². The van der Waals surface area contributed by atoms with E-state index in [1.54, 1.807) is 17.0 Å².